The Bertz CT molecular complexity index is 1090. The van der Waals surface area contributed by atoms with Gasteiger partial charge in [-0.3, -0.25) is 5.32 Å². The second-order valence-corrected chi connectivity index (χ2v) is 6.96. The maximum Gasteiger partial charge on any atom is 0.362 e. The minimum absolute atomic E-state index is 0.175. The van der Waals surface area contributed by atoms with E-state index in [4.69, 9.17) is 9.15 Å². The molecule has 0 bridgehead atoms. The van der Waals surface area contributed by atoms with Crippen LogP contribution in [0.25, 0.3) is 11.0 Å². The van der Waals surface area contributed by atoms with Gasteiger partial charge in [0.1, 0.15) is 11.3 Å². The van der Waals surface area contributed by atoms with Crippen LogP contribution in [0.15, 0.2) is 57.7 Å². The van der Waals surface area contributed by atoms with Crippen molar-refractivity contribution < 1.29 is 13.9 Å². The van der Waals surface area contributed by atoms with Crippen LogP contribution >= 0.6 is 0 Å². The lowest BCUT2D eigenvalue weighted by molar-refractivity contribution is 0.251. The van der Waals surface area contributed by atoms with Crippen molar-refractivity contribution in [1.29, 1.82) is 0 Å². The largest absolute Gasteiger partial charge is 0.497 e. The number of benzene rings is 2. The molecule has 3 aromatic rings. The van der Waals surface area contributed by atoms with Gasteiger partial charge in [0.05, 0.1) is 12.8 Å². The SMILES string of the molecule is COc1cccc(CNC(=O)Nc2c(N3CCCC3)c3ccccc3oc2=O)c1. The topological polar surface area (TPSA) is 83.8 Å². The number of fused-ring (bicyclic) bond motifs is 1. The fourth-order valence-corrected chi connectivity index (χ4v) is 3.64. The molecule has 2 aromatic carbocycles. The molecule has 1 aliphatic rings. The van der Waals surface area contributed by atoms with Crippen molar-refractivity contribution >= 4 is 28.4 Å². The number of nitrogens with one attached hydrogen (secondary N) is 2. The van der Waals surface area contributed by atoms with Gasteiger partial charge in [-0.15, -0.1) is 0 Å². The van der Waals surface area contributed by atoms with Crippen molar-refractivity contribution in [2.24, 2.45) is 0 Å². The number of para-hydroxylation sites is 1. The molecule has 4 rings (SSSR count). The van der Waals surface area contributed by atoms with Crippen LogP contribution in [0.4, 0.5) is 16.2 Å². The average molecular weight is 393 g/mol. The van der Waals surface area contributed by atoms with Crippen molar-refractivity contribution in [2.45, 2.75) is 19.4 Å². The van der Waals surface area contributed by atoms with Crippen molar-refractivity contribution in [1.82, 2.24) is 5.32 Å². The Morgan fingerprint density at radius 3 is 2.72 bits per heavy atom. The summed E-state index contributed by atoms with van der Waals surface area (Å²) in [6, 6.07) is 14.4. The molecule has 0 saturated carbocycles. The van der Waals surface area contributed by atoms with Crippen molar-refractivity contribution in [3.8, 4) is 5.75 Å². The Labute approximate surface area is 168 Å². The molecule has 0 atom stereocenters. The number of anilines is 2. The predicted octanol–water partition coefficient (Wildman–Crippen LogP) is 3.72. The van der Waals surface area contributed by atoms with E-state index in [-0.39, 0.29) is 5.69 Å². The lowest BCUT2D eigenvalue weighted by atomic mass is 10.1. The van der Waals surface area contributed by atoms with Crippen LogP contribution < -0.4 is 25.9 Å². The summed E-state index contributed by atoms with van der Waals surface area (Å²) in [5.41, 5.74) is 1.76. The van der Waals surface area contributed by atoms with Crippen LogP contribution in [-0.2, 0) is 6.54 Å². The van der Waals surface area contributed by atoms with Crippen molar-refractivity contribution in [3.05, 3.63) is 64.5 Å². The number of hydrogen-bond donors (Lipinski definition) is 2. The van der Waals surface area contributed by atoms with Gasteiger partial charge >= 0.3 is 11.7 Å². The first-order valence-corrected chi connectivity index (χ1v) is 9.64. The molecule has 29 heavy (non-hydrogen) atoms. The molecule has 7 nitrogen and oxygen atoms in total. The van der Waals surface area contributed by atoms with Crippen LogP contribution in [0.3, 0.4) is 0 Å². The quantitative estimate of drug-likeness (QED) is 0.646. The highest BCUT2D eigenvalue weighted by Gasteiger charge is 2.23. The Morgan fingerprint density at radius 2 is 1.93 bits per heavy atom. The second kappa shape index (κ2) is 8.26. The molecule has 0 unspecified atom stereocenters. The molecule has 2 amide bonds. The fraction of sp³-hybridized carbons (Fsp3) is 0.273. The number of carbonyl (C=O) groups excluding carboxylic acids is 1. The van der Waals surface area contributed by atoms with Crippen LogP contribution in [0, 0.1) is 0 Å². The van der Waals surface area contributed by atoms with E-state index in [2.05, 4.69) is 15.5 Å². The maximum atomic E-state index is 12.7. The lowest BCUT2D eigenvalue weighted by Gasteiger charge is -2.22. The van der Waals surface area contributed by atoms with E-state index in [9.17, 15) is 9.59 Å². The van der Waals surface area contributed by atoms with Crippen LogP contribution in [0.2, 0.25) is 0 Å². The summed E-state index contributed by atoms with van der Waals surface area (Å²) in [7, 11) is 1.60. The van der Waals surface area contributed by atoms with Gasteiger partial charge in [-0.2, -0.15) is 0 Å². The number of hydrogen-bond acceptors (Lipinski definition) is 5. The number of methoxy groups -OCH3 is 1. The number of ether oxygens (including phenoxy) is 1. The Balaban J connectivity index is 1.59. The molecule has 2 N–H and O–H groups in total. The van der Waals surface area contributed by atoms with Gasteiger partial charge in [-0.05, 0) is 42.7 Å². The predicted molar refractivity (Wildman–Crippen MR) is 113 cm³/mol. The summed E-state index contributed by atoms with van der Waals surface area (Å²) in [4.78, 5) is 27.3. The molecule has 0 aliphatic carbocycles. The highest BCUT2D eigenvalue weighted by Crippen LogP contribution is 2.34. The zero-order valence-corrected chi connectivity index (χ0v) is 16.2. The van der Waals surface area contributed by atoms with Crippen molar-refractivity contribution in [3.63, 3.8) is 0 Å². The molecular weight excluding hydrogens is 370 g/mol. The van der Waals surface area contributed by atoms with Gasteiger partial charge in [0, 0.05) is 25.0 Å². The minimum Gasteiger partial charge on any atom is -0.497 e. The molecule has 7 heteroatoms. The van der Waals surface area contributed by atoms with Crippen LogP contribution in [-0.4, -0.2) is 26.2 Å². The van der Waals surface area contributed by atoms with Gasteiger partial charge < -0.3 is 19.4 Å². The number of rotatable bonds is 5. The lowest BCUT2D eigenvalue weighted by Crippen LogP contribution is -2.32. The first-order valence-electron chi connectivity index (χ1n) is 9.64. The zero-order valence-electron chi connectivity index (χ0n) is 16.2. The zero-order chi connectivity index (χ0) is 20.2. The van der Waals surface area contributed by atoms with E-state index in [1.54, 1.807) is 13.2 Å². The highest BCUT2D eigenvalue weighted by atomic mass is 16.5. The number of urea groups is 1. The molecule has 1 aliphatic heterocycles. The summed E-state index contributed by atoms with van der Waals surface area (Å²) in [5.74, 6) is 0.719. The molecule has 1 saturated heterocycles. The van der Waals surface area contributed by atoms with Gasteiger partial charge in [-0.25, -0.2) is 9.59 Å². The standard InChI is InChI=1S/C22H23N3O4/c1-28-16-8-6-7-15(13-16)14-23-22(27)24-19-20(25-11-4-5-12-25)17-9-2-3-10-18(17)29-21(19)26/h2-3,6-10,13H,4-5,11-12,14H2,1H3,(H2,23,24,27). The third kappa shape index (κ3) is 4.03. The third-order valence-electron chi connectivity index (χ3n) is 5.03. The molecular formula is C22H23N3O4. The number of carbonyl (C=O) groups is 1. The molecule has 150 valence electrons. The van der Waals surface area contributed by atoms with Gasteiger partial charge in [0.15, 0.2) is 5.69 Å². The van der Waals surface area contributed by atoms with Crippen molar-refractivity contribution in [2.75, 3.05) is 30.4 Å². The summed E-state index contributed by atoms with van der Waals surface area (Å²) < 4.78 is 10.6. The second-order valence-electron chi connectivity index (χ2n) is 6.96. The summed E-state index contributed by atoms with van der Waals surface area (Å²) in [6.07, 6.45) is 2.10. The van der Waals surface area contributed by atoms with E-state index < -0.39 is 11.7 Å². The Morgan fingerprint density at radius 1 is 1.14 bits per heavy atom. The van der Waals surface area contributed by atoms with Gasteiger partial charge in [-0.1, -0.05) is 24.3 Å². The van der Waals surface area contributed by atoms with Gasteiger partial charge in [0.2, 0.25) is 0 Å². The number of nitrogens with zero attached hydrogens (tertiary/aromatic N) is 1. The molecule has 1 aromatic heterocycles. The van der Waals surface area contributed by atoms with E-state index in [1.165, 1.54) is 0 Å². The minimum atomic E-state index is -0.554. The van der Waals surface area contributed by atoms with E-state index in [0.717, 1.165) is 48.3 Å². The van der Waals surface area contributed by atoms with Gasteiger partial charge in [0.25, 0.3) is 0 Å². The molecule has 0 radical (unpaired) electrons. The van der Waals surface area contributed by atoms with E-state index in [0.29, 0.717) is 12.1 Å². The highest BCUT2D eigenvalue weighted by molar-refractivity contribution is 6.02. The Hall–Kier alpha value is -3.48. The summed E-state index contributed by atoms with van der Waals surface area (Å²) in [5, 5.41) is 6.32. The van der Waals surface area contributed by atoms with E-state index in [1.807, 2.05) is 42.5 Å². The maximum absolute atomic E-state index is 12.7. The third-order valence-corrected chi connectivity index (χ3v) is 5.03. The monoisotopic (exact) mass is 393 g/mol. The fourth-order valence-electron chi connectivity index (χ4n) is 3.64. The molecule has 0 spiro atoms. The smallest absolute Gasteiger partial charge is 0.362 e. The summed E-state index contributed by atoms with van der Waals surface area (Å²) >= 11 is 0. The van der Waals surface area contributed by atoms with E-state index >= 15 is 0 Å². The molecule has 1 fully saturated rings. The first-order chi connectivity index (χ1) is 14.2. The van der Waals surface area contributed by atoms with Crippen LogP contribution in [0.5, 0.6) is 5.75 Å². The average Bonchev–Trinajstić information content (AvgIpc) is 3.27. The molecule has 2 heterocycles. The normalized spacial score (nSPS) is 13.5. The first kappa shape index (κ1) is 18.9. The number of amides is 2. The Kier molecular flexibility index (Phi) is 5.37. The summed E-state index contributed by atoms with van der Waals surface area (Å²) in [6.45, 7) is 1.99. The van der Waals surface area contributed by atoms with Crippen LogP contribution in [0.1, 0.15) is 18.4 Å².